The summed E-state index contributed by atoms with van der Waals surface area (Å²) in [5.74, 6) is -0.125. The maximum atomic E-state index is 12.9. The Morgan fingerprint density at radius 1 is 1.15 bits per heavy atom. The summed E-state index contributed by atoms with van der Waals surface area (Å²) in [4.78, 5) is 26.7. The van der Waals surface area contributed by atoms with Crippen molar-refractivity contribution in [2.45, 2.75) is 31.6 Å². The van der Waals surface area contributed by atoms with Crippen LogP contribution in [0.2, 0.25) is 0 Å². The summed E-state index contributed by atoms with van der Waals surface area (Å²) in [7, 11) is 1.56. The highest BCUT2D eigenvalue weighted by molar-refractivity contribution is 7.17. The molecule has 1 aromatic heterocycles. The molecule has 0 fully saturated rings. The number of ether oxygens (including phenoxy) is 2. The number of esters is 1. The predicted octanol–water partition coefficient (Wildman–Crippen LogP) is 5.14. The van der Waals surface area contributed by atoms with E-state index in [0.29, 0.717) is 41.1 Å². The summed E-state index contributed by atoms with van der Waals surface area (Å²) in [6, 6.07) is 19.0. The Labute approximate surface area is 196 Å². The number of rotatable bonds is 6. The standard InChI is InChI=1S/C26H24N2O4S/c1-3-32-25(30)22-20-13-14-26(16-27,18-7-5-4-6-8-18)15-21(20)33-24(22)28-23(29)17-9-11-19(31-2)12-10-17/h4-12H,3,13-15H2,1-2H3,(H,28,29)/t26-/m1/s1. The number of carbonyl (C=O) groups is 2. The lowest BCUT2D eigenvalue weighted by Gasteiger charge is -2.31. The second-order valence-corrected chi connectivity index (χ2v) is 8.95. The minimum Gasteiger partial charge on any atom is -0.497 e. The molecule has 1 heterocycles. The van der Waals surface area contributed by atoms with Crippen LogP contribution in [0.3, 0.4) is 0 Å². The minimum absolute atomic E-state index is 0.238. The van der Waals surface area contributed by atoms with Crippen molar-refractivity contribution in [1.82, 2.24) is 0 Å². The zero-order valence-corrected chi connectivity index (χ0v) is 19.3. The summed E-state index contributed by atoms with van der Waals surface area (Å²) in [5, 5.41) is 13.5. The Morgan fingerprint density at radius 2 is 1.88 bits per heavy atom. The topological polar surface area (TPSA) is 88.4 Å². The van der Waals surface area contributed by atoms with E-state index in [9.17, 15) is 14.9 Å². The lowest BCUT2D eigenvalue weighted by Crippen LogP contribution is -2.31. The number of nitriles is 1. The minimum atomic E-state index is -0.664. The Morgan fingerprint density at radius 3 is 2.52 bits per heavy atom. The van der Waals surface area contributed by atoms with Crippen LogP contribution in [0.25, 0.3) is 0 Å². The van der Waals surface area contributed by atoms with E-state index < -0.39 is 11.4 Å². The number of fused-ring (bicyclic) bond motifs is 1. The van der Waals surface area contributed by atoms with E-state index in [1.807, 2.05) is 30.3 Å². The molecule has 6 nitrogen and oxygen atoms in total. The lowest BCUT2D eigenvalue weighted by atomic mass is 9.70. The summed E-state index contributed by atoms with van der Waals surface area (Å²) < 4.78 is 10.5. The largest absolute Gasteiger partial charge is 0.497 e. The monoisotopic (exact) mass is 460 g/mol. The molecule has 0 saturated carbocycles. The first kappa shape index (κ1) is 22.6. The highest BCUT2D eigenvalue weighted by Gasteiger charge is 2.40. The number of amides is 1. The maximum Gasteiger partial charge on any atom is 0.341 e. The van der Waals surface area contributed by atoms with Crippen LogP contribution in [0.4, 0.5) is 5.00 Å². The first-order valence-corrected chi connectivity index (χ1v) is 11.6. The van der Waals surface area contributed by atoms with Crippen LogP contribution in [0, 0.1) is 11.3 Å². The van der Waals surface area contributed by atoms with Crippen molar-refractivity contribution >= 4 is 28.2 Å². The van der Waals surface area contributed by atoms with Crippen LogP contribution >= 0.6 is 11.3 Å². The third-order valence-corrected chi connectivity index (χ3v) is 7.10. The normalized spacial score (nSPS) is 16.9. The number of hydrogen-bond acceptors (Lipinski definition) is 6. The van der Waals surface area contributed by atoms with Crippen molar-refractivity contribution in [3.8, 4) is 11.8 Å². The number of thiophene rings is 1. The molecule has 2 aromatic carbocycles. The molecule has 1 atom stereocenters. The van der Waals surface area contributed by atoms with E-state index in [1.165, 1.54) is 11.3 Å². The first-order valence-electron chi connectivity index (χ1n) is 10.7. The van der Waals surface area contributed by atoms with Gasteiger partial charge in [-0.3, -0.25) is 4.79 Å². The van der Waals surface area contributed by atoms with Crippen molar-refractivity contribution in [2.75, 3.05) is 19.0 Å². The molecule has 0 unspecified atom stereocenters. The van der Waals surface area contributed by atoms with E-state index in [4.69, 9.17) is 9.47 Å². The van der Waals surface area contributed by atoms with Crippen LogP contribution in [0.1, 0.15) is 50.1 Å². The van der Waals surface area contributed by atoms with Crippen LogP contribution < -0.4 is 10.1 Å². The molecule has 1 aliphatic rings. The number of benzene rings is 2. The van der Waals surface area contributed by atoms with Gasteiger partial charge in [0.05, 0.1) is 30.8 Å². The second-order valence-electron chi connectivity index (χ2n) is 7.85. The average Bonchev–Trinajstić information content (AvgIpc) is 3.21. The fourth-order valence-electron chi connectivity index (χ4n) is 4.21. The quantitative estimate of drug-likeness (QED) is 0.515. The van der Waals surface area contributed by atoms with Gasteiger partial charge in [-0.15, -0.1) is 11.3 Å². The van der Waals surface area contributed by atoms with Gasteiger partial charge in [0.1, 0.15) is 10.8 Å². The summed E-state index contributed by atoms with van der Waals surface area (Å²) in [5.41, 5.74) is 2.02. The summed E-state index contributed by atoms with van der Waals surface area (Å²) in [6.45, 7) is 1.99. The molecule has 33 heavy (non-hydrogen) atoms. The van der Waals surface area contributed by atoms with Gasteiger partial charge in [0.2, 0.25) is 0 Å². The average molecular weight is 461 g/mol. The zero-order valence-electron chi connectivity index (χ0n) is 18.5. The SMILES string of the molecule is CCOC(=O)c1c(NC(=O)c2ccc(OC)cc2)sc2c1CC[C@@](C#N)(c1ccccc1)C2. The highest BCUT2D eigenvalue weighted by Crippen LogP contribution is 2.45. The molecule has 1 aliphatic carbocycles. The lowest BCUT2D eigenvalue weighted by molar-refractivity contribution is 0.0526. The molecule has 1 N–H and O–H groups in total. The molecule has 0 saturated heterocycles. The number of anilines is 1. The predicted molar refractivity (Wildman–Crippen MR) is 127 cm³/mol. The molecule has 168 valence electrons. The van der Waals surface area contributed by atoms with Gasteiger partial charge >= 0.3 is 5.97 Å². The van der Waals surface area contributed by atoms with Crippen molar-refractivity contribution in [1.29, 1.82) is 5.26 Å². The van der Waals surface area contributed by atoms with Crippen LogP contribution in [0.15, 0.2) is 54.6 Å². The summed E-state index contributed by atoms with van der Waals surface area (Å²) in [6.07, 6.45) is 1.63. The number of nitrogens with one attached hydrogen (secondary N) is 1. The third-order valence-electron chi connectivity index (χ3n) is 5.95. The van der Waals surface area contributed by atoms with Gasteiger partial charge in [-0.05, 0) is 55.2 Å². The van der Waals surface area contributed by atoms with Crippen LogP contribution in [0.5, 0.6) is 5.75 Å². The Hall–Kier alpha value is -3.63. The van der Waals surface area contributed by atoms with E-state index in [0.717, 1.165) is 16.0 Å². The smallest absolute Gasteiger partial charge is 0.341 e. The molecule has 0 aliphatic heterocycles. The van der Waals surface area contributed by atoms with Crippen molar-refractivity contribution < 1.29 is 19.1 Å². The molecule has 3 aromatic rings. The van der Waals surface area contributed by atoms with Gasteiger partial charge in [0.25, 0.3) is 5.91 Å². The number of carbonyl (C=O) groups excluding carboxylic acids is 2. The Bertz CT molecular complexity index is 1210. The van der Waals surface area contributed by atoms with Gasteiger partial charge in [0.15, 0.2) is 0 Å². The molecule has 7 heteroatoms. The molecule has 1 amide bonds. The Balaban J connectivity index is 1.70. The molecule has 0 bridgehead atoms. The van der Waals surface area contributed by atoms with E-state index >= 15 is 0 Å². The number of nitrogens with zero attached hydrogens (tertiary/aromatic N) is 1. The fourth-order valence-corrected chi connectivity index (χ4v) is 5.55. The van der Waals surface area contributed by atoms with Gasteiger partial charge < -0.3 is 14.8 Å². The molecular formula is C26H24N2O4S. The van der Waals surface area contributed by atoms with E-state index in [-0.39, 0.29) is 12.5 Å². The van der Waals surface area contributed by atoms with Crippen LogP contribution in [-0.4, -0.2) is 25.6 Å². The zero-order chi connectivity index (χ0) is 23.4. The second kappa shape index (κ2) is 9.47. The van der Waals surface area contributed by atoms with Crippen molar-refractivity contribution in [3.05, 3.63) is 81.7 Å². The Kier molecular flexibility index (Phi) is 6.47. The van der Waals surface area contributed by atoms with Gasteiger partial charge in [-0.25, -0.2) is 4.79 Å². The van der Waals surface area contributed by atoms with Gasteiger partial charge in [-0.2, -0.15) is 5.26 Å². The maximum absolute atomic E-state index is 12.9. The highest BCUT2D eigenvalue weighted by atomic mass is 32.1. The van der Waals surface area contributed by atoms with Gasteiger partial charge in [-0.1, -0.05) is 30.3 Å². The van der Waals surface area contributed by atoms with Crippen molar-refractivity contribution in [3.63, 3.8) is 0 Å². The fraction of sp³-hybridized carbons (Fsp3) is 0.269. The summed E-state index contributed by atoms with van der Waals surface area (Å²) >= 11 is 1.35. The van der Waals surface area contributed by atoms with E-state index in [1.54, 1.807) is 38.3 Å². The van der Waals surface area contributed by atoms with E-state index in [2.05, 4.69) is 11.4 Å². The number of methoxy groups -OCH3 is 1. The molecule has 0 radical (unpaired) electrons. The molecular weight excluding hydrogens is 436 g/mol. The van der Waals surface area contributed by atoms with Gasteiger partial charge in [0, 0.05) is 16.9 Å². The van der Waals surface area contributed by atoms with Crippen molar-refractivity contribution in [2.24, 2.45) is 0 Å². The first-order chi connectivity index (χ1) is 16.0. The number of hydrogen-bond donors (Lipinski definition) is 1. The molecule has 4 rings (SSSR count). The molecule has 0 spiro atoms. The third kappa shape index (κ3) is 4.35. The van der Waals surface area contributed by atoms with Crippen LogP contribution in [-0.2, 0) is 23.0 Å².